The van der Waals surface area contributed by atoms with Gasteiger partial charge in [0.05, 0.1) is 0 Å². The first-order valence-corrected chi connectivity index (χ1v) is 17.4. The van der Waals surface area contributed by atoms with Gasteiger partial charge < -0.3 is 0 Å². The molecule has 0 saturated heterocycles. The Morgan fingerprint density at radius 2 is 1.71 bits per heavy atom. The van der Waals surface area contributed by atoms with Crippen molar-refractivity contribution in [1.29, 1.82) is 0 Å². The Morgan fingerprint density at radius 3 is 2.19 bits per heavy atom. The Kier molecular flexibility index (Phi) is 4.98. The second-order valence-corrected chi connectivity index (χ2v) is 19.4. The molecule has 112 valence electrons. The van der Waals surface area contributed by atoms with E-state index in [2.05, 4.69) is 84.1 Å². The summed E-state index contributed by atoms with van der Waals surface area (Å²) in [5, 5.41) is 3.79. The van der Waals surface area contributed by atoms with Crippen molar-refractivity contribution in [2.75, 3.05) is 5.32 Å². The molecule has 0 saturated carbocycles. The van der Waals surface area contributed by atoms with E-state index >= 15 is 0 Å². The van der Waals surface area contributed by atoms with Crippen LogP contribution < -0.4 is 9.74 Å². The first-order valence-electron chi connectivity index (χ1n) is 7.63. The average molecular weight is 403 g/mol. The van der Waals surface area contributed by atoms with Gasteiger partial charge in [-0.15, -0.1) is 0 Å². The van der Waals surface area contributed by atoms with Gasteiger partial charge in [0, 0.05) is 0 Å². The van der Waals surface area contributed by atoms with Gasteiger partial charge in [-0.2, -0.15) is 0 Å². The van der Waals surface area contributed by atoms with Crippen molar-refractivity contribution in [3.8, 4) is 5.75 Å². The number of nitrogens with one attached hydrogen (secondary N) is 1. The first kappa shape index (κ1) is 16.8. The molecule has 0 radical (unpaired) electrons. The molecule has 0 unspecified atom stereocenters. The summed E-state index contributed by atoms with van der Waals surface area (Å²) in [5.41, 5.74) is 1.16. The van der Waals surface area contributed by atoms with E-state index in [-0.39, 0.29) is 5.04 Å². The Balaban J connectivity index is 2.03. The molecule has 0 atom stereocenters. The zero-order chi connectivity index (χ0) is 15.7. The number of benzene rings is 1. The summed E-state index contributed by atoms with van der Waals surface area (Å²) in [7, 11) is -1.74. The van der Waals surface area contributed by atoms with Crippen molar-refractivity contribution in [3.63, 3.8) is 0 Å². The molecular weight excluding hydrogens is 377 g/mol. The van der Waals surface area contributed by atoms with Gasteiger partial charge in [-0.25, -0.2) is 0 Å². The van der Waals surface area contributed by atoms with Gasteiger partial charge >= 0.3 is 138 Å². The number of allylic oxidation sites excluding steroid dienone is 2. The molecule has 0 bridgehead atoms. The van der Waals surface area contributed by atoms with Crippen molar-refractivity contribution in [1.82, 2.24) is 0 Å². The Labute approximate surface area is 138 Å². The van der Waals surface area contributed by atoms with E-state index in [4.69, 9.17) is 4.43 Å². The fourth-order valence-electron chi connectivity index (χ4n) is 1.96. The van der Waals surface area contributed by atoms with E-state index < -0.39 is 29.8 Å². The summed E-state index contributed by atoms with van der Waals surface area (Å²) >= 11 is -1.54. The van der Waals surface area contributed by atoms with E-state index in [1.54, 1.807) is 0 Å². The summed E-state index contributed by atoms with van der Waals surface area (Å²) in [6.07, 6.45) is 4.42. The molecule has 0 fully saturated rings. The third kappa shape index (κ3) is 4.19. The number of hydrogen-bond donors (Lipinski definition) is 1. The first-order chi connectivity index (χ1) is 9.69. The second-order valence-electron chi connectivity index (χ2n) is 7.31. The topological polar surface area (TPSA) is 21.3 Å². The van der Waals surface area contributed by atoms with E-state index in [1.807, 2.05) is 0 Å². The van der Waals surface area contributed by atoms with Crippen LogP contribution in [0.2, 0.25) is 22.8 Å². The fourth-order valence-corrected chi connectivity index (χ4v) is 7.16. The van der Waals surface area contributed by atoms with Crippen molar-refractivity contribution < 1.29 is 4.43 Å². The molecule has 1 N–H and O–H groups in total. The zero-order valence-electron chi connectivity index (χ0n) is 14.0. The fraction of sp³-hybridized carbons (Fsp3) is 0.412. The van der Waals surface area contributed by atoms with Gasteiger partial charge in [0.1, 0.15) is 0 Å². The van der Waals surface area contributed by atoms with Crippen molar-refractivity contribution in [2.24, 2.45) is 0 Å². The van der Waals surface area contributed by atoms with Gasteiger partial charge in [-0.1, -0.05) is 0 Å². The second kappa shape index (κ2) is 6.25. The molecule has 4 heteroatoms. The predicted octanol–water partition coefficient (Wildman–Crippen LogP) is 5.14. The van der Waals surface area contributed by atoms with Gasteiger partial charge in [-0.05, 0) is 0 Å². The normalized spacial score (nSPS) is 15.1. The number of rotatable bonds is 4. The SMILES string of the molecule is [CH3][In]1[CH]=CC=[C]1Nc1ccc(O[Si](C)(C)C(C)(C)C)cc1. The quantitative estimate of drug-likeness (QED) is 0.703. The maximum atomic E-state index is 6.31. The average Bonchev–Trinajstić information content (AvgIpc) is 2.76. The monoisotopic (exact) mass is 403 g/mol. The van der Waals surface area contributed by atoms with Gasteiger partial charge in [0.2, 0.25) is 0 Å². The van der Waals surface area contributed by atoms with E-state index in [1.165, 1.54) is 3.45 Å². The van der Waals surface area contributed by atoms with Crippen molar-refractivity contribution in [2.45, 2.75) is 43.6 Å². The summed E-state index contributed by atoms with van der Waals surface area (Å²) < 4.78 is 12.6. The summed E-state index contributed by atoms with van der Waals surface area (Å²) in [4.78, 5) is 0. The molecule has 1 aliphatic rings. The van der Waals surface area contributed by atoms with Crippen LogP contribution in [0, 0.1) is 0 Å². The molecule has 1 aromatic rings. The van der Waals surface area contributed by atoms with Crippen LogP contribution in [0.25, 0.3) is 0 Å². The standard InChI is InChI=1S/C16H23NOSi.CH3.In/c1-7-8-13-17-14-9-11-15(12-10-14)18-19(5,6)16(2,3)4;;/h1,7-12,17H,2-6H3;1H3;. The molecule has 1 aliphatic heterocycles. The minimum atomic E-state index is -1.74. The van der Waals surface area contributed by atoms with E-state index in [9.17, 15) is 0 Å². The van der Waals surface area contributed by atoms with Crippen LogP contribution >= 0.6 is 0 Å². The summed E-state index contributed by atoms with van der Waals surface area (Å²) in [6.45, 7) is 11.4. The van der Waals surface area contributed by atoms with E-state index in [0.29, 0.717) is 0 Å². The summed E-state index contributed by atoms with van der Waals surface area (Å²) in [6, 6.07) is 8.43. The molecule has 2 nitrogen and oxygen atoms in total. The van der Waals surface area contributed by atoms with Crippen LogP contribution in [-0.4, -0.2) is 29.8 Å². The number of anilines is 1. The molecule has 0 amide bonds. The van der Waals surface area contributed by atoms with Crippen LogP contribution in [0.15, 0.2) is 43.7 Å². The molecule has 2 rings (SSSR count). The van der Waals surface area contributed by atoms with Crippen LogP contribution in [0.3, 0.4) is 0 Å². The zero-order valence-corrected chi connectivity index (χ0v) is 18.3. The molecule has 1 aromatic carbocycles. The van der Waals surface area contributed by atoms with Gasteiger partial charge in [-0.3, -0.25) is 0 Å². The Hall–Kier alpha value is -0.613. The summed E-state index contributed by atoms with van der Waals surface area (Å²) in [5.74, 6) is 0.988. The predicted molar refractivity (Wildman–Crippen MR) is 96.7 cm³/mol. The van der Waals surface area contributed by atoms with Crippen LogP contribution in [0.1, 0.15) is 20.8 Å². The maximum absolute atomic E-state index is 6.31. The molecule has 21 heavy (non-hydrogen) atoms. The Morgan fingerprint density at radius 1 is 1.10 bits per heavy atom. The van der Waals surface area contributed by atoms with Crippen LogP contribution in [-0.2, 0) is 0 Å². The molecule has 0 spiro atoms. The Bertz CT molecular complexity index is 555. The minimum absolute atomic E-state index is 0.230. The van der Waals surface area contributed by atoms with Crippen LogP contribution in [0.5, 0.6) is 5.75 Å². The third-order valence-corrected chi connectivity index (χ3v) is 14.9. The van der Waals surface area contributed by atoms with Gasteiger partial charge in [0.15, 0.2) is 0 Å². The number of hydrogen-bond acceptors (Lipinski definition) is 2. The molecule has 0 aliphatic carbocycles. The molecular formula is C17H26InNOSi. The third-order valence-electron chi connectivity index (χ3n) is 4.49. The molecule has 1 heterocycles. The van der Waals surface area contributed by atoms with Crippen molar-refractivity contribution >= 4 is 35.4 Å². The van der Waals surface area contributed by atoms with Crippen LogP contribution in [0.4, 0.5) is 5.69 Å². The molecule has 0 aromatic heterocycles. The van der Waals surface area contributed by atoms with Gasteiger partial charge in [0.25, 0.3) is 0 Å². The van der Waals surface area contributed by atoms with Crippen molar-refractivity contribution in [3.05, 3.63) is 43.7 Å². The van der Waals surface area contributed by atoms with E-state index in [0.717, 1.165) is 11.4 Å².